The van der Waals surface area contributed by atoms with Crippen LogP contribution in [0.2, 0.25) is 0 Å². The number of aliphatic imine (C=N–C) groups is 1. The zero-order valence-electron chi connectivity index (χ0n) is 13.0. The Morgan fingerprint density at radius 3 is 2.48 bits per heavy atom. The Kier molecular flexibility index (Phi) is 4.34. The Bertz CT molecular complexity index is 751. The molecule has 1 aliphatic rings. The number of amidine groups is 1. The van der Waals surface area contributed by atoms with Crippen LogP contribution in [0.25, 0.3) is 5.70 Å². The van der Waals surface area contributed by atoms with Crippen molar-refractivity contribution >= 4 is 22.6 Å². The molecule has 0 bridgehead atoms. The quantitative estimate of drug-likeness (QED) is 0.902. The fourth-order valence-electron chi connectivity index (χ4n) is 2.22. The summed E-state index contributed by atoms with van der Waals surface area (Å²) in [5.41, 5.74) is 9.48. The van der Waals surface area contributed by atoms with Crippen LogP contribution in [0.1, 0.15) is 42.0 Å². The molecule has 6 heteroatoms. The third-order valence-corrected chi connectivity index (χ3v) is 4.49. The van der Waals surface area contributed by atoms with E-state index in [1.54, 1.807) is 18.3 Å². The van der Waals surface area contributed by atoms with Crippen LogP contribution < -0.4 is 5.73 Å². The normalized spacial score (nSPS) is 17.8. The number of benzene rings is 1. The number of aromatic hydroxyl groups is 1. The van der Waals surface area contributed by atoms with E-state index in [2.05, 4.69) is 28.8 Å². The molecule has 0 saturated carbocycles. The molecular formula is C17H18N4OS. The number of phenolic OH excluding ortho intramolecular Hbond substituents is 1. The zero-order chi connectivity index (χ0) is 16.4. The van der Waals surface area contributed by atoms with Crippen molar-refractivity contribution in [3.05, 3.63) is 59.7 Å². The number of aromatic nitrogens is 2. The number of hydrogen-bond acceptors (Lipinski definition) is 6. The van der Waals surface area contributed by atoms with Gasteiger partial charge in [0.05, 0.1) is 28.5 Å². The zero-order valence-corrected chi connectivity index (χ0v) is 13.8. The predicted octanol–water partition coefficient (Wildman–Crippen LogP) is 3.45. The second-order valence-corrected chi connectivity index (χ2v) is 6.77. The van der Waals surface area contributed by atoms with Crippen molar-refractivity contribution in [2.75, 3.05) is 0 Å². The maximum absolute atomic E-state index is 9.41. The third kappa shape index (κ3) is 3.53. The second-order valence-electron chi connectivity index (χ2n) is 5.61. The van der Waals surface area contributed by atoms with Crippen molar-refractivity contribution in [1.82, 2.24) is 9.97 Å². The van der Waals surface area contributed by atoms with Gasteiger partial charge in [0.1, 0.15) is 5.75 Å². The molecule has 1 aliphatic heterocycles. The van der Waals surface area contributed by atoms with Crippen molar-refractivity contribution in [3.63, 3.8) is 0 Å². The minimum absolute atomic E-state index is 0.0231. The number of phenols is 1. The van der Waals surface area contributed by atoms with Gasteiger partial charge in [0.2, 0.25) is 0 Å². The Labute approximate surface area is 139 Å². The first-order valence-electron chi connectivity index (χ1n) is 7.37. The van der Waals surface area contributed by atoms with E-state index < -0.39 is 0 Å². The summed E-state index contributed by atoms with van der Waals surface area (Å²) in [6, 6.07) is 6.91. The van der Waals surface area contributed by atoms with Gasteiger partial charge in [0.15, 0.2) is 5.17 Å². The molecule has 0 aliphatic carbocycles. The van der Waals surface area contributed by atoms with Crippen molar-refractivity contribution in [1.29, 1.82) is 0 Å². The first kappa shape index (κ1) is 15.6. The molecule has 2 heterocycles. The van der Waals surface area contributed by atoms with Crippen LogP contribution >= 0.6 is 11.8 Å². The predicted molar refractivity (Wildman–Crippen MR) is 94.2 cm³/mol. The van der Waals surface area contributed by atoms with Crippen molar-refractivity contribution < 1.29 is 5.11 Å². The molecular weight excluding hydrogens is 308 g/mol. The van der Waals surface area contributed by atoms with Gasteiger partial charge in [0, 0.05) is 11.8 Å². The van der Waals surface area contributed by atoms with Crippen LogP contribution in [0.15, 0.2) is 47.7 Å². The van der Waals surface area contributed by atoms with Crippen LogP contribution in [-0.4, -0.2) is 20.2 Å². The highest BCUT2D eigenvalue weighted by Gasteiger charge is 2.20. The molecule has 1 aromatic heterocycles. The maximum Gasteiger partial charge on any atom is 0.160 e. The SMILES string of the molecule is CC(C)c1cnc(C2C=C(c3ccc(O)cc3)N=C(N)S2)cn1. The summed E-state index contributed by atoms with van der Waals surface area (Å²) in [4.78, 5) is 13.4. The molecule has 0 fully saturated rings. The molecule has 118 valence electrons. The van der Waals surface area contributed by atoms with Gasteiger partial charge in [-0.15, -0.1) is 0 Å². The lowest BCUT2D eigenvalue weighted by Crippen LogP contribution is -2.14. The maximum atomic E-state index is 9.41. The summed E-state index contributed by atoms with van der Waals surface area (Å²) in [5, 5.41) is 9.88. The lowest BCUT2D eigenvalue weighted by atomic mass is 10.1. The molecule has 3 rings (SSSR count). The fraction of sp³-hybridized carbons (Fsp3) is 0.235. The van der Waals surface area contributed by atoms with E-state index in [9.17, 15) is 5.11 Å². The minimum Gasteiger partial charge on any atom is -0.508 e. The smallest absolute Gasteiger partial charge is 0.160 e. The average molecular weight is 326 g/mol. The van der Waals surface area contributed by atoms with Crippen molar-refractivity contribution in [3.8, 4) is 5.75 Å². The largest absolute Gasteiger partial charge is 0.508 e. The molecule has 5 nitrogen and oxygen atoms in total. The molecule has 23 heavy (non-hydrogen) atoms. The second kappa shape index (κ2) is 6.42. The Morgan fingerprint density at radius 1 is 1.13 bits per heavy atom. The van der Waals surface area contributed by atoms with Crippen molar-refractivity contribution in [2.24, 2.45) is 10.7 Å². The van der Waals surface area contributed by atoms with Gasteiger partial charge < -0.3 is 10.8 Å². The van der Waals surface area contributed by atoms with Crippen LogP contribution in [0.3, 0.4) is 0 Å². The summed E-state index contributed by atoms with van der Waals surface area (Å²) in [7, 11) is 0. The molecule has 1 aromatic carbocycles. The molecule has 1 unspecified atom stereocenters. The molecule has 0 spiro atoms. The Morgan fingerprint density at radius 2 is 1.87 bits per heavy atom. The first-order chi connectivity index (χ1) is 11.0. The highest BCUT2D eigenvalue weighted by Crippen LogP contribution is 2.36. The van der Waals surface area contributed by atoms with Gasteiger partial charge in [-0.05, 0) is 36.3 Å². The number of hydrogen-bond donors (Lipinski definition) is 2. The number of nitrogens with two attached hydrogens (primary N) is 1. The van der Waals surface area contributed by atoms with Crippen LogP contribution in [-0.2, 0) is 0 Å². The summed E-state index contributed by atoms with van der Waals surface area (Å²) >= 11 is 1.45. The van der Waals surface area contributed by atoms with E-state index >= 15 is 0 Å². The highest BCUT2D eigenvalue weighted by molar-refractivity contribution is 8.14. The van der Waals surface area contributed by atoms with Gasteiger partial charge in [-0.2, -0.15) is 0 Å². The summed E-state index contributed by atoms with van der Waals surface area (Å²) in [6.45, 7) is 4.18. The van der Waals surface area contributed by atoms with Gasteiger partial charge in [-0.3, -0.25) is 9.97 Å². The molecule has 1 atom stereocenters. The molecule has 3 N–H and O–H groups in total. The number of nitrogens with zero attached hydrogens (tertiary/aromatic N) is 3. The molecule has 0 radical (unpaired) electrons. The Balaban J connectivity index is 1.91. The first-order valence-corrected chi connectivity index (χ1v) is 8.25. The van der Waals surface area contributed by atoms with E-state index in [1.165, 1.54) is 11.8 Å². The van der Waals surface area contributed by atoms with E-state index in [0.29, 0.717) is 11.1 Å². The summed E-state index contributed by atoms with van der Waals surface area (Å²) in [6.07, 6.45) is 5.64. The van der Waals surface area contributed by atoms with Crippen LogP contribution in [0.4, 0.5) is 0 Å². The van der Waals surface area contributed by atoms with E-state index in [1.807, 2.05) is 24.4 Å². The molecule has 0 saturated heterocycles. The fourth-order valence-corrected chi connectivity index (χ4v) is 3.07. The van der Waals surface area contributed by atoms with E-state index in [-0.39, 0.29) is 11.0 Å². The van der Waals surface area contributed by atoms with Crippen molar-refractivity contribution in [2.45, 2.75) is 25.0 Å². The molecule has 2 aromatic rings. The topological polar surface area (TPSA) is 84.4 Å². The third-order valence-electron chi connectivity index (χ3n) is 3.53. The van der Waals surface area contributed by atoms with Gasteiger partial charge in [-0.1, -0.05) is 25.6 Å². The number of rotatable bonds is 3. The standard InChI is InChI=1S/C17H18N4OS/c1-10(2)14-8-20-15(9-19-14)16-7-13(21-17(18)23-16)11-3-5-12(22)6-4-11/h3-10,16,22H,1-2H3,(H2,18,21). The van der Waals surface area contributed by atoms with E-state index in [4.69, 9.17) is 5.73 Å². The monoisotopic (exact) mass is 326 g/mol. The van der Waals surface area contributed by atoms with Gasteiger partial charge in [0.25, 0.3) is 0 Å². The highest BCUT2D eigenvalue weighted by atomic mass is 32.2. The summed E-state index contributed by atoms with van der Waals surface area (Å²) in [5.74, 6) is 0.577. The van der Waals surface area contributed by atoms with Gasteiger partial charge in [-0.25, -0.2) is 4.99 Å². The van der Waals surface area contributed by atoms with Crippen LogP contribution in [0, 0.1) is 0 Å². The summed E-state index contributed by atoms with van der Waals surface area (Å²) < 4.78 is 0. The lowest BCUT2D eigenvalue weighted by Gasteiger charge is -2.18. The Hall–Kier alpha value is -2.34. The van der Waals surface area contributed by atoms with Gasteiger partial charge >= 0.3 is 0 Å². The van der Waals surface area contributed by atoms with E-state index in [0.717, 1.165) is 22.6 Å². The lowest BCUT2D eigenvalue weighted by molar-refractivity contribution is 0.475. The molecule has 0 amide bonds. The minimum atomic E-state index is -0.0231. The number of thioether (sulfide) groups is 1. The van der Waals surface area contributed by atoms with Crippen LogP contribution in [0.5, 0.6) is 5.75 Å². The average Bonchev–Trinajstić information content (AvgIpc) is 2.55.